The Labute approximate surface area is 125 Å². The Hall–Kier alpha value is -1.62. The minimum absolute atomic E-state index is 0.164. The molecule has 0 saturated carbocycles. The van der Waals surface area contributed by atoms with Crippen LogP contribution in [0.15, 0.2) is 18.3 Å². The van der Waals surface area contributed by atoms with Crippen molar-refractivity contribution < 1.29 is 9.53 Å². The van der Waals surface area contributed by atoms with Gasteiger partial charge in [-0.2, -0.15) is 0 Å². The topological polar surface area (TPSA) is 45.7 Å². The van der Waals surface area contributed by atoms with Crippen LogP contribution in [0.3, 0.4) is 0 Å². The van der Waals surface area contributed by atoms with E-state index in [1.165, 1.54) is 6.42 Å². The van der Waals surface area contributed by atoms with Gasteiger partial charge in [0, 0.05) is 32.8 Å². The molecule has 2 aliphatic heterocycles. The number of pyridine rings is 1. The number of ether oxygens (including phenoxy) is 1. The number of hydrogen-bond acceptors (Lipinski definition) is 4. The fourth-order valence-electron chi connectivity index (χ4n) is 3.23. The fourth-order valence-corrected chi connectivity index (χ4v) is 3.23. The van der Waals surface area contributed by atoms with Crippen LogP contribution in [-0.4, -0.2) is 48.6 Å². The quantitative estimate of drug-likeness (QED) is 0.835. The molecule has 3 rings (SSSR count). The van der Waals surface area contributed by atoms with Crippen LogP contribution in [0.4, 0.5) is 5.82 Å². The van der Waals surface area contributed by atoms with Gasteiger partial charge in [-0.3, -0.25) is 4.79 Å². The van der Waals surface area contributed by atoms with Gasteiger partial charge in [-0.15, -0.1) is 0 Å². The number of carbonyl (C=O) groups is 1. The third-order valence-corrected chi connectivity index (χ3v) is 4.40. The molecule has 0 radical (unpaired) electrons. The number of amides is 1. The maximum atomic E-state index is 11.8. The van der Waals surface area contributed by atoms with E-state index in [9.17, 15) is 4.79 Å². The van der Waals surface area contributed by atoms with Crippen molar-refractivity contribution >= 4 is 11.7 Å². The van der Waals surface area contributed by atoms with E-state index < -0.39 is 0 Å². The normalized spacial score (nSPS) is 23.2. The van der Waals surface area contributed by atoms with Crippen LogP contribution in [0, 0.1) is 0 Å². The molecule has 2 saturated heterocycles. The number of anilines is 1. The van der Waals surface area contributed by atoms with E-state index in [4.69, 9.17) is 4.74 Å². The van der Waals surface area contributed by atoms with Crippen molar-refractivity contribution in [3.63, 3.8) is 0 Å². The van der Waals surface area contributed by atoms with Gasteiger partial charge in [-0.1, -0.05) is 6.07 Å². The van der Waals surface area contributed by atoms with Gasteiger partial charge in [-0.05, 0) is 30.9 Å². The number of morpholine rings is 1. The highest BCUT2D eigenvalue weighted by molar-refractivity contribution is 5.74. The average Bonchev–Trinajstić information content (AvgIpc) is 2.56. The summed E-state index contributed by atoms with van der Waals surface area (Å²) < 4.78 is 5.37. The van der Waals surface area contributed by atoms with Crippen molar-refractivity contribution in [3.05, 3.63) is 23.9 Å². The Morgan fingerprint density at radius 1 is 1.24 bits per heavy atom. The third kappa shape index (κ3) is 3.18. The molecule has 0 N–H and O–H groups in total. The zero-order chi connectivity index (χ0) is 14.7. The summed E-state index contributed by atoms with van der Waals surface area (Å²) in [6, 6.07) is 4.40. The largest absolute Gasteiger partial charge is 0.378 e. The fraction of sp³-hybridized carbons (Fsp3) is 0.625. The first-order valence-electron chi connectivity index (χ1n) is 7.81. The smallest absolute Gasteiger partial charge is 0.219 e. The van der Waals surface area contributed by atoms with Gasteiger partial charge in [0.2, 0.25) is 5.91 Å². The minimum atomic E-state index is 0.164. The summed E-state index contributed by atoms with van der Waals surface area (Å²) in [6.07, 6.45) is 5.27. The summed E-state index contributed by atoms with van der Waals surface area (Å²) >= 11 is 0. The predicted octanol–water partition coefficient (Wildman–Crippen LogP) is 1.99. The first-order chi connectivity index (χ1) is 10.3. The molecule has 0 aromatic carbocycles. The van der Waals surface area contributed by atoms with Gasteiger partial charge >= 0.3 is 0 Å². The van der Waals surface area contributed by atoms with Crippen LogP contribution >= 0.6 is 0 Å². The van der Waals surface area contributed by atoms with Crippen LogP contribution in [0.5, 0.6) is 0 Å². The Balaban J connectivity index is 1.74. The second-order valence-corrected chi connectivity index (χ2v) is 5.77. The zero-order valence-electron chi connectivity index (χ0n) is 12.6. The molecule has 2 aliphatic rings. The van der Waals surface area contributed by atoms with Crippen molar-refractivity contribution in [2.24, 2.45) is 0 Å². The lowest BCUT2D eigenvalue weighted by molar-refractivity contribution is -0.132. The minimum Gasteiger partial charge on any atom is -0.378 e. The summed E-state index contributed by atoms with van der Waals surface area (Å²) in [7, 11) is 0. The highest BCUT2D eigenvalue weighted by atomic mass is 16.5. The number of piperidine rings is 1. The van der Waals surface area contributed by atoms with E-state index in [1.807, 2.05) is 11.1 Å². The maximum absolute atomic E-state index is 11.8. The van der Waals surface area contributed by atoms with Crippen molar-refractivity contribution in [3.8, 4) is 0 Å². The molecule has 3 heterocycles. The SMILES string of the molecule is CC(=O)N1CCCC[C@@H]1c1ccc(N2CCOCC2)nc1. The molecule has 0 aliphatic carbocycles. The lowest BCUT2D eigenvalue weighted by Crippen LogP contribution is -2.37. The van der Waals surface area contributed by atoms with Crippen molar-refractivity contribution in [1.82, 2.24) is 9.88 Å². The summed E-state index contributed by atoms with van der Waals surface area (Å²) in [5.41, 5.74) is 1.15. The molecule has 5 nitrogen and oxygen atoms in total. The van der Waals surface area contributed by atoms with Crippen molar-refractivity contribution in [1.29, 1.82) is 0 Å². The van der Waals surface area contributed by atoms with Crippen molar-refractivity contribution in [2.45, 2.75) is 32.2 Å². The van der Waals surface area contributed by atoms with E-state index in [-0.39, 0.29) is 11.9 Å². The van der Waals surface area contributed by atoms with Crippen LogP contribution < -0.4 is 4.90 Å². The molecule has 1 aromatic rings. The average molecular weight is 289 g/mol. The van der Waals surface area contributed by atoms with Crippen LogP contribution in [0.1, 0.15) is 37.8 Å². The summed E-state index contributed by atoms with van der Waals surface area (Å²) in [6.45, 7) is 5.86. The third-order valence-electron chi connectivity index (χ3n) is 4.40. The first kappa shape index (κ1) is 14.3. The second-order valence-electron chi connectivity index (χ2n) is 5.77. The van der Waals surface area contributed by atoms with Crippen LogP contribution in [0.2, 0.25) is 0 Å². The van der Waals surface area contributed by atoms with Gasteiger partial charge < -0.3 is 14.5 Å². The zero-order valence-corrected chi connectivity index (χ0v) is 12.6. The second kappa shape index (κ2) is 6.43. The predicted molar refractivity (Wildman–Crippen MR) is 81.2 cm³/mol. The van der Waals surface area contributed by atoms with Crippen molar-refractivity contribution in [2.75, 3.05) is 37.7 Å². The molecule has 1 atom stereocenters. The molecule has 0 unspecified atom stereocenters. The van der Waals surface area contributed by atoms with E-state index in [0.717, 1.165) is 57.1 Å². The first-order valence-corrected chi connectivity index (χ1v) is 7.81. The van der Waals surface area contributed by atoms with Gasteiger partial charge in [0.1, 0.15) is 5.82 Å². The molecule has 1 amide bonds. The number of carbonyl (C=O) groups excluding carboxylic acids is 1. The Morgan fingerprint density at radius 3 is 2.71 bits per heavy atom. The van der Waals surface area contributed by atoms with E-state index in [2.05, 4.69) is 22.0 Å². The Morgan fingerprint density at radius 2 is 2.05 bits per heavy atom. The van der Waals surface area contributed by atoms with E-state index >= 15 is 0 Å². The highest BCUT2D eigenvalue weighted by Crippen LogP contribution is 2.31. The van der Waals surface area contributed by atoms with Gasteiger partial charge in [0.15, 0.2) is 0 Å². The summed E-state index contributed by atoms with van der Waals surface area (Å²) in [4.78, 5) is 20.6. The Kier molecular flexibility index (Phi) is 4.39. The number of likely N-dealkylation sites (tertiary alicyclic amines) is 1. The van der Waals surface area contributed by atoms with E-state index in [1.54, 1.807) is 6.92 Å². The lowest BCUT2D eigenvalue weighted by atomic mass is 9.96. The number of aromatic nitrogens is 1. The molecular formula is C16H23N3O2. The molecule has 114 valence electrons. The molecule has 2 fully saturated rings. The number of nitrogens with zero attached hydrogens (tertiary/aromatic N) is 3. The number of hydrogen-bond donors (Lipinski definition) is 0. The van der Waals surface area contributed by atoms with Gasteiger partial charge in [0.05, 0.1) is 19.3 Å². The number of rotatable bonds is 2. The molecule has 0 spiro atoms. The molecule has 1 aromatic heterocycles. The molecule has 21 heavy (non-hydrogen) atoms. The maximum Gasteiger partial charge on any atom is 0.219 e. The molecule has 0 bridgehead atoms. The molecule has 5 heteroatoms. The van der Waals surface area contributed by atoms with Crippen LogP contribution in [0.25, 0.3) is 0 Å². The van der Waals surface area contributed by atoms with Crippen LogP contribution in [-0.2, 0) is 9.53 Å². The van der Waals surface area contributed by atoms with Gasteiger partial charge in [0.25, 0.3) is 0 Å². The van der Waals surface area contributed by atoms with E-state index in [0.29, 0.717) is 0 Å². The van der Waals surface area contributed by atoms with Gasteiger partial charge in [-0.25, -0.2) is 4.98 Å². The molecular weight excluding hydrogens is 266 g/mol. The summed E-state index contributed by atoms with van der Waals surface area (Å²) in [5, 5.41) is 0. The summed E-state index contributed by atoms with van der Waals surface area (Å²) in [5.74, 6) is 1.17. The standard InChI is InChI=1S/C16H23N3O2/c1-13(20)19-7-3-2-4-15(19)14-5-6-16(17-12-14)18-8-10-21-11-9-18/h5-6,12,15H,2-4,7-11H2,1H3/t15-/m1/s1. The Bertz CT molecular complexity index is 483. The lowest BCUT2D eigenvalue weighted by Gasteiger charge is -2.35. The monoisotopic (exact) mass is 289 g/mol. The highest BCUT2D eigenvalue weighted by Gasteiger charge is 2.26.